The van der Waals surface area contributed by atoms with Crippen molar-refractivity contribution in [2.75, 3.05) is 13.1 Å². The smallest absolute Gasteiger partial charge is 0.262 e. The highest BCUT2D eigenvalue weighted by Gasteiger charge is 2.26. The van der Waals surface area contributed by atoms with Gasteiger partial charge in [-0.2, -0.15) is 0 Å². The predicted octanol–water partition coefficient (Wildman–Crippen LogP) is 0.921. The van der Waals surface area contributed by atoms with Gasteiger partial charge in [0.15, 0.2) is 0 Å². The van der Waals surface area contributed by atoms with Crippen LogP contribution in [0.2, 0.25) is 0 Å². The van der Waals surface area contributed by atoms with Gasteiger partial charge in [0, 0.05) is 12.5 Å². The number of likely N-dealkylation sites (N-methyl/N-ethyl adjacent to an activating group) is 1. The fourth-order valence-electron chi connectivity index (χ4n) is 2.16. The molecule has 16 heavy (non-hydrogen) atoms. The molecular formula is C11H20N2O3. The van der Waals surface area contributed by atoms with Crippen LogP contribution >= 0.6 is 0 Å². The van der Waals surface area contributed by atoms with Crippen molar-refractivity contribution < 1.29 is 14.8 Å². The second kappa shape index (κ2) is 6.48. The van der Waals surface area contributed by atoms with Gasteiger partial charge in [-0.25, -0.2) is 5.48 Å². The Labute approximate surface area is 95.8 Å². The maximum atomic E-state index is 12.0. The SMILES string of the molecule is CCN(CC(=O)NO)C(=O)C1CCCCC1. The first kappa shape index (κ1) is 13.0. The minimum absolute atomic E-state index is 0.0470. The van der Waals surface area contributed by atoms with Gasteiger partial charge in [-0.05, 0) is 19.8 Å². The van der Waals surface area contributed by atoms with Crippen LogP contribution in [0.3, 0.4) is 0 Å². The first-order chi connectivity index (χ1) is 7.69. The summed E-state index contributed by atoms with van der Waals surface area (Å²) in [5.74, 6) is -0.419. The topological polar surface area (TPSA) is 69.6 Å². The summed E-state index contributed by atoms with van der Waals surface area (Å²) in [5, 5.41) is 8.43. The van der Waals surface area contributed by atoms with E-state index < -0.39 is 5.91 Å². The van der Waals surface area contributed by atoms with Crippen molar-refractivity contribution in [3.63, 3.8) is 0 Å². The fraction of sp³-hybridized carbons (Fsp3) is 0.818. The molecule has 1 fully saturated rings. The Bertz CT molecular complexity index is 250. The van der Waals surface area contributed by atoms with Gasteiger partial charge in [0.25, 0.3) is 5.91 Å². The van der Waals surface area contributed by atoms with Crippen LogP contribution in [0.4, 0.5) is 0 Å². The van der Waals surface area contributed by atoms with E-state index in [1.807, 2.05) is 6.92 Å². The number of rotatable bonds is 4. The van der Waals surface area contributed by atoms with Gasteiger partial charge >= 0.3 is 0 Å². The second-order valence-corrected chi connectivity index (χ2v) is 4.22. The van der Waals surface area contributed by atoms with Crippen molar-refractivity contribution >= 4 is 11.8 Å². The van der Waals surface area contributed by atoms with E-state index in [4.69, 9.17) is 5.21 Å². The highest BCUT2D eigenvalue weighted by atomic mass is 16.5. The molecule has 2 N–H and O–H groups in total. The predicted molar refractivity (Wildman–Crippen MR) is 58.8 cm³/mol. The molecule has 0 unspecified atom stereocenters. The molecule has 5 heteroatoms. The van der Waals surface area contributed by atoms with E-state index >= 15 is 0 Å². The van der Waals surface area contributed by atoms with Crippen molar-refractivity contribution in [1.29, 1.82) is 0 Å². The molecule has 0 aromatic carbocycles. The summed E-state index contributed by atoms with van der Waals surface area (Å²) in [6, 6.07) is 0. The number of hydroxylamine groups is 1. The second-order valence-electron chi connectivity index (χ2n) is 4.22. The lowest BCUT2D eigenvalue weighted by Crippen LogP contribution is -2.42. The van der Waals surface area contributed by atoms with Crippen molar-refractivity contribution in [2.24, 2.45) is 5.92 Å². The van der Waals surface area contributed by atoms with E-state index in [0.717, 1.165) is 25.7 Å². The Morgan fingerprint density at radius 2 is 1.94 bits per heavy atom. The van der Waals surface area contributed by atoms with E-state index in [1.165, 1.54) is 11.3 Å². The first-order valence-electron chi connectivity index (χ1n) is 5.90. The lowest BCUT2D eigenvalue weighted by Gasteiger charge is -2.27. The van der Waals surface area contributed by atoms with Crippen molar-refractivity contribution in [1.82, 2.24) is 10.4 Å². The van der Waals surface area contributed by atoms with Crippen LogP contribution in [0.25, 0.3) is 0 Å². The maximum Gasteiger partial charge on any atom is 0.262 e. The van der Waals surface area contributed by atoms with Crippen LogP contribution in [-0.4, -0.2) is 35.0 Å². The van der Waals surface area contributed by atoms with E-state index in [1.54, 1.807) is 5.48 Å². The molecule has 0 spiro atoms. The third-order valence-corrected chi connectivity index (χ3v) is 3.11. The molecule has 0 saturated heterocycles. The number of hydrogen-bond acceptors (Lipinski definition) is 3. The maximum absolute atomic E-state index is 12.0. The molecule has 1 saturated carbocycles. The van der Waals surface area contributed by atoms with E-state index in [9.17, 15) is 9.59 Å². The fourth-order valence-corrected chi connectivity index (χ4v) is 2.16. The summed E-state index contributed by atoms with van der Waals surface area (Å²) >= 11 is 0. The Kier molecular flexibility index (Phi) is 5.25. The summed E-state index contributed by atoms with van der Waals surface area (Å²) < 4.78 is 0. The number of hydrogen-bond donors (Lipinski definition) is 2. The molecular weight excluding hydrogens is 208 g/mol. The summed E-state index contributed by atoms with van der Waals surface area (Å²) in [4.78, 5) is 24.6. The average molecular weight is 228 g/mol. The minimum Gasteiger partial charge on any atom is -0.333 e. The quantitative estimate of drug-likeness (QED) is 0.555. The number of carbonyl (C=O) groups excluding carboxylic acids is 2. The third kappa shape index (κ3) is 3.48. The average Bonchev–Trinajstić information content (AvgIpc) is 2.35. The summed E-state index contributed by atoms with van der Waals surface area (Å²) in [6.07, 6.45) is 5.25. The third-order valence-electron chi connectivity index (χ3n) is 3.11. The van der Waals surface area contributed by atoms with Gasteiger partial charge in [-0.15, -0.1) is 0 Å². The number of nitrogens with one attached hydrogen (secondary N) is 1. The zero-order valence-electron chi connectivity index (χ0n) is 9.74. The van der Waals surface area contributed by atoms with Crippen LogP contribution in [-0.2, 0) is 9.59 Å². The van der Waals surface area contributed by atoms with Crippen LogP contribution < -0.4 is 5.48 Å². The lowest BCUT2D eigenvalue weighted by molar-refractivity contribution is -0.142. The standard InChI is InChI=1S/C11H20N2O3/c1-2-13(8-10(14)12-16)11(15)9-6-4-3-5-7-9/h9,16H,2-8H2,1H3,(H,12,14). The lowest BCUT2D eigenvalue weighted by atomic mass is 9.88. The Morgan fingerprint density at radius 3 is 2.44 bits per heavy atom. The van der Waals surface area contributed by atoms with Crippen LogP contribution in [0.15, 0.2) is 0 Å². The monoisotopic (exact) mass is 228 g/mol. The summed E-state index contributed by atoms with van der Waals surface area (Å²) in [7, 11) is 0. The number of carbonyl (C=O) groups is 2. The molecule has 1 rings (SSSR count). The van der Waals surface area contributed by atoms with E-state index in [0.29, 0.717) is 6.54 Å². The molecule has 2 amide bonds. The molecule has 0 aromatic heterocycles. The summed E-state index contributed by atoms with van der Waals surface area (Å²) in [6.45, 7) is 2.29. The van der Waals surface area contributed by atoms with Gasteiger partial charge in [-0.3, -0.25) is 14.8 Å². The molecule has 1 aliphatic rings. The molecule has 0 radical (unpaired) electrons. The van der Waals surface area contributed by atoms with Crippen LogP contribution in [0.1, 0.15) is 39.0 Å². The highest BCUT2D eigenvalue weighted by Crippen LogP contribution is 2.25. The largest absolute Gasteiger partial charge is 0.333 e. The van der Waals surface area contributed by atoms with E-state index in [-0.39, 0.29) is 18.4 Å². The number of nitrogens with zero attached hydrogens (tertiary/aromatic N) is 1. The zero-order chi connectivity index (χ0) is 12.0. The molecule has 0 aliphatic heterocycles. The van der Waals surface area contributed by atoms with Gasteiger partial charge < -0.3 is 4.90 Å². The molecule has 0 bridgehead atoms. The molecule has 92 valence electrons. The van der Waals surface area contributed by atoms with Gasteiger partial charge in [-0.1, -0.05) is 19.3 Å². The van der Waals surface area contributed by atoms with Crippen LogP contribution in [0, 0.1) is 5.92 Å². The molecule has 0 heterocycles. The van der Waals surface area contributed by atoms with Gasteiger partial charge in [0.05, 0.1) is 0 Å². The van der Waals surface area contributed by atoms with Crippen LogP contribution in [0.5, 0.6) is 0 Å². The first-order valence-corrected chi connectivity index (χ1v) is 5.90. The summed E-state index contributed by atoms with van der Waals surface area (Å²) in [5.41, 5.74) is 1.55. The zero-order valence-corrected chi connectivity index (χ0v) is 9.74. The normalized spacial score (nSPS) is 16.9. The molecule has 1 aliphatic carbocycles. The molecule has 0 atom stereocenters. The Balaban J connectivity index is 2.50. The van der Waals surface area contributed by atoms with E-state index in [2.05, 4.69) is 0 Å². The van der Waals surface area contributed by atoms with Gasteiger partial charge in [0.2, 0.25) is 5.91 Å². The minimum atomic E-state index is -0.536. The Hall–Kier alpha value is -1.10. The van der Waals surface area contributed by atoms with Crippen molar-refractivity contribution in [2.45, 2.75) is 39.0 Å². The number of amides is 2. The van der Waals surface area contributed by atoms with Gasteiger partial charge in [0.1, 0.15) is 6.54 Å². The molecule has 5 nitrogen and oxygen atoms in total. The molecule has 0 aromatic rings. The Morgan fingerprint density at radius 1 is 1.31 bits per heavy atom. The van der Waals surface area contributed by atoms with Crippen molar-refractivity contribution in [3.8, 4) is 0 Å². The van der Waals surface area contributed by atoms with Crippen molar-refractivity contribution in [3.05, 3.63) is 0 Å². The highest BCUT2D eigenvalue weighted by molar-refractivity contribution is 5.85.